The van der Waals surface area contributed by atoms with Gasteiger partial charge in [-0.2, -0.15) is 5.10 Å². The molecule has 0 unspecified atom stereocenters. The van der Waals surface area contributed by atoms with E-state index in [-0.39, 0.29) is 13.3 Å². The third-order valence-electron chi connectivity index (χ3n) is 3.69. The zero-order chi connectivity index (χ0) is 20.3. The predicted octanol–water partition coefficient (Wildman–Crippen LogP) is 2.70. The summed E-state index contributed by atoms with van der Waals surface area (Å²) in [5, 5.41) is 3.90. The van der Waals surface area contributed by atoms with E-state index in [4.69, 9.17) is 9.47 Å². The Morgan fingerprint density at radius 3 is 2.57 bits per heavy atom. The van der Waals surface area contributed by atoms with Crippen molar-refractivity contribution in [3.05, 3.63) is 50.0 Å². The fourth-order valence-corrected chi connectivity index (χ4v) is 4.02. The second-order valence-corrected chi connectivity index (χ2v) is 9.77. The van der Waals surface area contributed by atoms with Gasteiger partial charge in [-0.25, -0.2) is 13.8 Å². The quantitative estimate of drug-likeness (QED) is 0.322. The van der Waals surface area contributed by atoms with E-state index in [0.29, 0.717) is 27.2 Å². The maximum absolute atomic E-state index is 12.2. The summed E-state index contributed by atoms with van der Waals surface area (Å²) in [5.74, 6) is 0.629. The average Bonchev–Trinajstić information content (AvgIpc) is 3.07. The van der Waals surface area contributed by atoms with Gasteiger partial charge in [-0.3, -0.25) is 9.10 Å². The molecule has 1 heterocycles. The Labute approximate surface area is 184 Å². The molecule has 0 saturated carbocycles. The molecule has 0 saturated heterocycles. The normalized spacial score (nSPS) is 13.0. The molecular weight excluding hydrogens is 565 g/mol. The monoisotopic (exact) mass is 579 g/mol. The van der Waals surface area contributed by atoms with Gasteiger partial charge in [0.05, 0.1) is 18.2 Å². The van der Waals surface area contributed by atoms with Crippen molar-refractivity contribution in [1.82, 2.24) is 5.43 Å². The molecule has 8 nitrogen and oxygen atoms in total. The van der Waals surface area contributed by atoms with Gasteiger partial charge in [-0.15, -0.1) is 0 Å². The van der Waals surface area contributed by atoms with Crippen LogP contribution in [0.4, 0.5) is 5.69 Å². The zero-order valence-electron chi connectivity index (χ0n) is 14.6. The van der Waals surface area contributed by atoms with Crippen LogP contribution in [0.25, 0.3) is 0 Å². The molecule has 28 heavy (non-hydrogen) atoms. The maximum atomic E-state index is 12.2. The highest BCUT2D eigenvalue weighted by molar-refractivity contribution is 14.1. The minimum absolute atomic E-state index is 0.152. The highest BCUT2D eigenvalue weighted by Gasteiger charge is 2.21. The first-order valence-corrected chi connectivity index (χ1v) is 11.6. The molecule has 2 aromatic carbocycles. The van der Waals surface area contributed by atoms with Crippen LogP contribution in [0, 0.1) is 3.57 Å². The highest BCUT2D eigenvalue weighted by atomic mass is 127. The molecule has 0 aliphatic carbocycles. The Bertz CT molecular complexity index is 1030. The number of nitrogens with one attached hydrogen (secondary N) is 1. The van der Waals surface area contributed by atoms with Gasteiger partial charge in [0.15, 0.2) is 11.5 Å². The van der Waals surface area contributed by atoms with E-state index in [1.54, 1.807) is 36.4 Å². The first-order valence-electron chi connectivity index (χ1n) is 7.88. The molecule has 0 spiro atoms. The molecule has 11 heteroatoms. The van der Waals surface area contributed by atoms with Gasteiger partial charge in [0.25, 0.3) is 5.91 Å². The van der Waals surface area contributed by atoms with Crippen LogP contribution < -0.4 is 19.2 Å². The highest BCUT2D eigenvalue weighted by Crippen LogP contribution is 2.36. The summed E-state index contributed by atoms with van der Waals surface area (Å²) < 4.78 is 37.4. The SMILES string of the molecule is CS(=O)(=O)N(CC(=O)N/N=C\c1cc2c(cc1Br)OCO2)c1ccc(I)cc1. The second-order valence-electron chi connectivity index (χ2n) is 5.77. The van der Waals surface area contributed by atoms with Crippen molar-refractivity contribution < 1.29 is 22.7 Å². The number of amides is 1. The van der Waals surface area contributed by atoms with E-state index in [0.717, 1.165) is 14.1 Å². The second kappa shape index (κ2) is 8.66. The van der Waals surface area contributed by atoms with E-state index in [9.17, 15) is 13.2 Å². The van der Waals surface area contributed by atoms with E-state index in [2.05, 4.69) is 49.0 Å². The Morgan fingerprint density at radius 2 is 1.93 bits per heavy atom. The summed E-state index contributed by atoms with van der Waals surface area (Å²) >= 11 is 5.51. The Hall–Kier alpha value is -1.86. The van der Waals surface area contributed by atoms with Crippen LogP contribution in [0.15, 0.2) is 46.0 Å². The van der Waals surface area contributed by atoms with Crippen LogP contribution >= 0.6 is 38.5 Å². The van der Waals surface area contributed by atoms with Crippen molar-refractivity contribution in [2.45, 2.75) is 0 Å². The minimum atomic E-state index is -3.64. The number of hydrogen-bond donors (Lipinski definition) is 1. The number of carbonyl (C=O) groups excluding carboxylic acids is 1. The lowest BCUT2D eigenvalue weighted by atomic mass is 10.2. The van der Waals surface area contributed by atoms with Crippen LogP contribution in [0.3, 0.4) is 0 Å². The fraction of sp³-hybridized carbons (Fsp3) is 0.176. The third kappa shape index (κ3) is 5.14. The number of hydrogen-bond acceptors (Lipinski definition) is 6. The smallest absolute Gasteiger partial charge is 0.260 e. The lowest BCUT2D eigenvalue weighted by Gasteiger charge is -2.21. The van der Waals surface area contributed by atoms with Gasteiger partial charge in [-0.05, 0) is 74.9 Å². The summed E-state index contributed by atoms with van der Waals surface area (Å²) in [6.07, 6.45) is 2.48. The standard InChI is InChI=1S/C17H15BrIN3O5S/c1-28(24,25)22(13-4-2-12(19)3-5-13)9-17(23)21-20-8-11-6-15-16(7-14(11)18)27-10-26-15/h2-8H,9-10H2,1H3,(H,21,23)/b20-8-. The molecule has 0 radical (unpaired) electrons. The number of sulfonamides is 1. The van der Waals surface area contributed by atoms with Crippen LogP contribution in [-0.4, -0.2) is 40.1 Å². The maximum Gasteiger partial charge on any atom is 0.260 e. The summed E-state index contributed by atoms with van der Waals surface area (Å²) in [7, 11) is -3.64. The number of anilines is 1. The van der Waals surface area contributed by atoms with Crippen LogP contribution in [0.1, 0.15) is 5.56 Å². The molecule has 148 valence electrons. The van der Waals surface area contributed by atoms with Gasteiger partial charge in [-0.1, -0.05) is 0 Å². The summed E-state index contributed by atoms with van der Waals surface area (Å²) in [6.45, 7) is -0.238. The van der Waals surface area contributed by atoms with Crippen molar-refractivity contribution >= 4 is 66.4 Å². The van der Waals surface area contributed by atoms with E-state index in [1.807, 2.05) is 0 Å². The van der Waals surface area contributed by atoms with Crippen LogP contribution in [-0.2, 0) is 14.8 Å². The van der Waals surface area contributed by atoms with Gasteiger partial charge >= 0.3 is 0 Å². The Kier molecular flexibility index (Phi) is 6.45. The topological polar surface area (TPSA) is 97.3 Å². The lowest BCUT2D eigenvalue weighted by molar-refractivity contribution is -0.119. The summed E-state index contributed by atoms with van der Waals surface area (Å²) in [4.78, 5) is 12.2. The minimum Gasteiger partial charge on any atom is -0.454 e. The molecule has 2 aromatic rings. The molecule has 1 amide bonds. The first-order chi connectivity index (χ1) is 13.2. The van der Waals surface area contributed by atoms with Gasteiger partial charge < -0.3 is 9.47 Å². The number of halogens is 2. The van der Waals surface area contributed by atoms with Gasteiger partial charge in [0.2, 0.25) is 16.8 Å². The molecule has 0 atom stereocenters. The lowest BCUT2D eigenvalue weighted by Crippen LogP contribution is -2.39. The number of hydrazone groups is 1. The molecule has 1 aliphatic rings. The van der Waals surface area contributed by atoms with Gasteiger partial charge in [0, 0.05) is 13.6 Å². The number of carbonyl (C=O) groups is 1. The van der Waals surface area contributed by atoms with E-state index in [1.165, 1.54) is 6.21 Å². The Balaban J connectivity index is 1.68. The van der Waals surface area contributed by atoms with Crippen molar-refractivity contribution in [1.29, 1.82) is 0 Å². The number of nitrogens with zero attached hydrogens (tertiary/aromatic N) is 2. The summed E-state index contributed by atoms with van der Waals surface area (Å²) in [5.41, 5.74) is 3.41. The third-order valence-corrected chi connectivity index (χ3v) is 6.23. The van der Waals surface area contributed by atoms with Crippen molar-refractivity contribution in [2.75, 3.05) is 23.9 Å². The number of benzene rings is 2. The van der Waals surface area contributed by atoms with Crippen molar-refractivity contribution in [2.24, 2.45) is 5.10 Å². The first kappa shape index (κ1) is 20.9. The molecule has 3 rings (SSSR count). The average molecular weight is 580 g/mol. The number of fused-ring (bicyclic) bond motifs is 1. The molecule has 0 fully saturated rings. The molecule has 1 aliphatic heterocycles. The summed E-state index contributed by atoms with van der Waals surface area (Å²) in [6, 6.07) is 10.3. The largest absolute Gasteiger partial charge is 0.454 e. The van der Waals surface area contributed by atoms with E-state index >= 15 is 0 Å². The van der Waals surface area contributed by atoms with Crippen molar-refractivity contribution in [3.8, 4) is 11.5 Å². The molecule has 0 bridgehead atoms. The fourth-order valence-electron chi connectivity index (χ4n) is 2.38. The zero-order valence-corrected chi connectivity index (χ0v) is 19.1. The van der Waals surface area contributed by atoms with Crippen molar-refractivity contribution in [3.63, 3.8) is 0 Å². The molecular formula is C17H15BrIN3O5S. The van der Waals surface area contributed by atoms with E-state index < -0.39 is 15.9 Å². The Morgan fingerprint density at radius 1 is 1.29 bits per heavy atom. The number of rotatable bonds is 6. The van der Waals surface area contributed by atoms with Gasteiger partial charge in [0.1, 0.15) is 6.54 Å². The predicted molar refractivity (Wildman–Crippen MR) is 117 cm³/mol. The van der Waals surface area contributed by atoms with Crippen LogP contribution in [0.5, 0.6) is 11.5 Å². The van der Waals surface area contributed by atoms with Crippen LogP contribution in [0.2, 0.25) is 0 Å². The number of ether oxygens (including phenoxy) is 2. The molecule has 0 aromatic heterocycles. The molecule has 1 N–H and O–H groups in total.